The van der Waals surface area contributed by atoms with E-state index in [1.54, 1.807) is 6.07 Å². The summed E-state index contributed by atoms with van der Waals surface area (Å²) in [5, 5.41) is 9.04. The van der Waals surface area contributed by atoms with Gasteiger partial charge in [0.15, 0.2) is 0 Å². The minimum atomic E-state index is -3.42. The van der Waals surface area contributed by atoms with Crippen LogP contribution in [-0.4, -0.2) is 37.5 Å². The largest absolute Gasteiger partial charge is 0.395 e. The lowest BCUT2D eigenvalue weighted by molar-refractivity contribution is 0.252. The molecule has 0 aromatic heterocycles. The van der Waals surface area contributed by atoms with Gasteiger partial charge in [0.05, 0.1) is 12.4 Å². The molecular weight excluding hydrogens is 276 g/mol. The third kappa shape index (κ3) is 4.86. The first-order valence-corrected chi connectivity index (χ1v) is 8.51. The molecule has 0 saturated heterocycles. The topological polar surface area (TPSA) is 83.6 Å². The molecule has 0 amide bonds. The zero-order valence-corrected chi connectivity index (χ0v) is 12.8. The van der Waals surface area contributed by atoms with Gasteiger partial charge in [0, 0.05) is 19.6 Å². The number of unbranched alkanes of at least 4 members (excludes halogenated alkanes) is 1. The predicted molar refractivity (Wildman–Crippen MR) is 80.5 cm³/mol. The van der Waals surface area contributed by atoms with Gasteiger partial charge in [0.1, 0.15) is 0 Å². The van der Waals surface area contributed by atoms with E-state index in [2.05, 4.69) is 0 Å². The number of benzene rings is 1. The van der Waals surface area contributed by atoms with E-state index in [1.165, 1.54) is 4.31 Å². The number of sulfonamides is 1. The fourth-order valence-electron chi connectivity index (χ4n) is 2.02. The summed E-state index contributed by atoms with van der Waals surface area (Å²) in [6.45, 7) is 2.76. The number of hydrogen-bond acceptors (Lipinski definition) is 4. The molecule has 0 aliphatic heterocycles. The second-order valence-corrected chi connectivity index (χ2v) is 6.67. The van der Waals surface area contributed by atoms with Crippen LogP contribution in [0, 0.1) is 0 Å². The lowest BCUT2D eigenvalue weighted by atomic mass is 10.1. The highest BCUT2D eigenvalue weighted by Crippen LogP contribution is 2.15. The molecule has 0 aliphatic rings. The Hall–Kier alpha value is -0.950. The van der Waals surface area contributed by atoms with Crippen LogP contribution in [-0.2, 0) is 22.3 Å². The van der Waals surface area contributed by atoms with E-state index in [0.29, 0.717) is 13.1 Å². The van der Waals surface area contributed by atoms with Crippen molar-refractivity contribution in [2.24, 2.45) is 5.73 Å². The van der Waals surface area contributed by atoms with Gasteiger partial charge in [-0.15, -0.1) is 0 Å². The molecule has 114 valence electrons. The summed E-state index contributed by atoms with van der Waals surface area (Å²) in [4.78, 5) is 0. The highest BCUT2D eigenvalue weighted by molar-refractivity contribution is 7.88. The molecule has 20 heavy (non-hydrogen) atoms. The Morgan fingerprint density at radius 3 is 2.40 bits per heavy atom. The van der Waals surface area contributed by atoms with Gasteiger partial charge in [0.25, 0.3) is 0 Å². The normalized spacial score (nSPS) is 12.0. The minimum Gasteiger partial charge on any atom is -0.395 e. The van der Waals surface area contributed by atoms with Crippen molar-refractivity contribution in [1.82, 2.24) is 4.31 Å². The third-order valence-electron chi connectivity index (χ3n) is 3.18. The van der Waals surface area contributed by atoms with Gasteiger partial charge in [-0.05, 0) is 17.5 Å². The number of aliphatic hydroxyl groups excluding tert-OH is 1. The first-order valence-electron chi connectivity index (χ1n) is 6.90. The number of nitrogens with two attached hydrogens (primary N) is 1. The van der Waals surface area contributed by atoms with Crippen molar-refractivity contribution < 1.29 is 13.5 Å². The zero-order chi connectivity index (χ0) is 15.0. The second kappa shape index (κ2) is 8.36. The molecule has 6 heteroatoms. The summed E-state index contributed by atoms with van der Waals surface area (Å²) < 4.78 is 26.2. The molecular formula is C14H24N2O3S. The minimum absolute atomic E-state index is 0.0654. The van der Waals surface area contributed by atoms with Crippen molar-refractivity contribution >= 4 is 10.0 Å². The van der Waals surface area contributed by atoms with Crippen LogP contribution in [0.5, 0.6) is 0 Å². The molecule has 1 aromatic carbocycles. The molecule has 0 fully saturated rings. The summed E-state index contributed by atoms with van der Waals surface area (Å²) >= 11 is 0. The van der Waals surface area contributed by atoms with Crippen LogP contribution in [0.1, 0.15) is 30.9 Å². The Morgan fingerprint density at radius 2 is 1.85 bits per heavy atom. The van der Waals surface area contributed by atoms with E-state index in [9.17, 15) is 8.42 Å². The van der Waals surface area contributed by atoms with Gasteiger partial charge in [-0.2, -0.15) is 4.31 Å². The highest BCUT2D eigenvalue weighted by Gasteiger charge is 2.22. The lowest BCUT2D eigenvalue weighted by Crippen LogP contribution is -2.35. The van der Waals surface area contributed by atoms with Crippen molar-refractivity contribution in [3.8, 4) is 0 Å². The monoisotopic (exact) mass is 300 g/mol. The van der Waals surface area contributed by atoms with Gasteiger partial charge in [-0.3, -0.25) is 0 Å². The Labute approximate surface area is 121 Å². The standard InChI is InChI=1S/C14H24N2O3S/c1-2-3-8-16(9-10-17)20(18,19)12-14-7-5-4-6-13(14)11-15/h4-7,17H,2-3,8-12,15H2,1H3. The summed E-state index contributed by atoms with van der Waals surface area (Å²) in [6, 6.07) is 7.29. The van der Waals surface area contributed by atoms with Gasteiger partial charge >= 0.3 is 0 Å². The van der Waals surface area contributed by atoms with Crippen molar-refractivity contribution in [3.63, 3.8) is 0 Å². The maximum atomic E-state index is 12.4. The quantitative estimate of drug-likeness (QED) is 0.714. The van der Waals surface area contributed by atoms with Gasteiger partial charge in [-0.1, -0.05) is 37.6 Å². The predicted octanol–water partition coefficient (Wildman–Crippen LogP) is 1.07. The summed E-state index contributed by atoms with van der Waals surface area (Å²) in [6.07, 6.45) is 1.70. The molecule has 0 heterocycles. The van der Waals surface area contributed by atoms with Crippen molar-refractivity contribution in [2.75, 3.05) is 19.7 Å². The number of aliphatic hydroxyl groups is 1. The van der Waals surface area contributed by atoms with E-state index in [-0.39, 0.29) is 18.9 Å². The Kier molecular flexibility index (Phi) is 7.15. The fourth-order valence-corrected chi connectivity index (χ4v) is 3.65. The molecule has 0 radical (unpaired) electrons. The Morgan fingerprint density at radius 1 is 1.20 bits per heavy atom. The summed E-state index contributed by atoms with van der Waals surface area (Å²) in [5.74, 6) is -0.0654. The van der Waals surface area contributed by atoms with Gasteiger partial charge < -0.3 is 10.8 Å². The SMILES string of the molecule is CCCCN(CCO)S(=O)(=O)Cc1ccccc1CN. The Bertz CT molecular complexity index is 503. The van der Waals surface area contributed by atoms with E-state index >= 15 is 0 Å². The van der Waals surface area contributed by atoms with Crippen molar-refractivity contribution in [2.45, 2.75) is 32.1 Å². The first-order chi connectivity index (χ1) is 9.55. The van der Waals surface area contributed by atoms with Crippen molar-refractivity contribution in [3.05, 3.63) is 35.4 Å². The zero-order valence-electron chi connectivity index (χ0n) is 12.0. The summed E-state index contributed by atoms with van der Waals surface area (Å²) in [5.41, 5.74) is 7.21. The van der Waals surface area contributed by atoms with Crippen LogP contribution in [0.4, 0.5) is 0 Å². The first kappa shape index (κ1) is 17.1. The number of rotatable bonds is 9. The molecule has 0 aliphatic carbocycles. The smallest absolute Gasteiger partial charge is 0.218 e. The number of nitrogens with zero attached hydrogens (tertiary/aromatic N) is 1. The molecule has 0 spiro atoms. The van der Waals surface area contributed by atoms with E-state index < -0.39 is 10.0 Å². The van der Waals surface area contributed by atoms with Gasteiger partial charge in [-0.25, -0.2) is 8.42 Å². The summed E-state index contributed by atoms with van der Waals surface area (Å²) in [7, 11) is -3.42. The molecule has 0 bridgehead atoms. The molecule has 3 N–H and O–H groups in total. The molecule has 0 atom stereocenters. The number of hydrogen-bond donors (Lipinski definition) is 2. The lowest BCUT2D eigenvalue weighted by Gasteiger charge is -2.21. The van der Waals surface area contributed by atoms with Crippen LogP contribution in [0.25, 0.3) is 0 Å². The maximum absolute atomic E-state index is 12.4. The maximum Gasteiger partial charge on any atom is 0.218 e. The van der Waals surface area contributed by atoms with Gasteiger partial charge in [0.2, 0.25) is 10.0 Å². The highest BCUT2D eigenvalue weighted by atomic mass is 32.2. The van der Waals surface area contributed by atoms with Crippen LogP contribution < -0.4 is 5.73 Å². The molecule has 1 rings (SSSR count). The Balaban J connectivity index is 2.90. The van der Waals surface area contributed by atoms with E-state index in [4.69, 9.17) is 10.8 Å². The van der Waals surface area contributed by atoms with Crippen LogP contribution in [0.15, 0.2) is 24.3 Å². The average molecular weight is 300 g/mol. The second-order valence-electron chi connectivity index (χ2n) is 4.71. The molecule has 1 aromatic rings. The van der Waals surface area contributed by atoms with E-state index in [1.807, 2.05) is 25.1 Å². The van der Waals surface area contributed by atoms with Crippen LogP contribution >= 0.6 is 0 Å². The third-order valence-corrected chi connectivity index (χ3v) is 5.01. The van der Waals surface area contributed by atoms with Crippen molar-refractivity contribution in [1.29, 1.82) is 0 Å². The average Bonchev–Trinajstić information content (AvgIpc) is 2.43. The molecule has 0 unspecified atom stereocenters. The van der Waals surface area contributed by atoms with Crippen LogP contribution in [0.3, 0.4) is 0 Å². The van der Waals surface area contributed by atoms with Crippen LogP contribution in [0.2, 0.25) is 0 Å². The molecule has 0 saturated carbocycles. The van der Waals surface area contributed by atoms with E-state index in [0.717, 1.165) is 24.0 Å². The fraction of sp³-hybridized carbons (Fsp3) is 0.571. The molecule has 5 nitrogen and oxygen atoms in total.